The molecule has 2 rings (SSSR count). The third-order valence-corrected chi connectivity index (χ3v) is 2.34. The zero-order chi connectivity index (χ0) is 11.1. The SMILES string of the molecule is [N-]=[N+]=NC12OC[C@](CO)(O1)[C@H](O)[C@H](O)O2. The number of fused-ring (bicyclic) bond motifs is 2. The van der Waals surface area contributed by atoms with Crippen molar-refractivity contribution in [1.82, 2.24) is 0 Å². The molecule has 0 aliphatic carbocycles. The van der Waals surface area contributed by atoms with Gasteiger partial charge in [0.2, 0.25) is 0 Å². The van der Waals surface area contributed by atoms with E-state index in [-0.39, 0.29) is 6.61 Å². The summed E-state index contributed by atoms with van der Waals surface area (Å²) in [5.74, 6) is 0. The zero-order valence-corrected chi connectivity index (χ0v) is 7.48. The molecular formula is C6H9N3O6. The minimum Gasteiger partial charge on any atom is -0.393 e. The smallest absolute Gasteiger partial charge is 0.371 e. The number of aliphatic hydroxyl groups excluding tert-OH is 3. The quantitative estimate of drug-likeness (QED) is 0.290. The number of hydrogen-bond acceptors (Lipinski definition) is 7. The van der Waals surface area contributed by atoms with Gasteiger partial charge >= 0.3 is 6.10 Å². The molecule has 9 heteroatoms. The van der Waals surface area contributed by atoms with Gasteiger partial charge in [0.25, 0.3) is 0 Å². The van der Waals surface area contributed by atoms with Crippen LogP contribution >= 0.6 is 0 Å². The highest BCUT2D eigenvalue weighted by Gasteiger charge is 2.63. The predicted octanol–water partition coefficient (Wildman–Crippen LogP) is -1.60. The molecule has 2 heterocycles. The van der Waals surface area contributed by atoms with Gasteiger partial charge in [-0.15, -0.1) is 0 Å². The number of nitrogens with zero attached hydrogens (tertiary/aromatic N) is 3. The zero-order valence-electron chi connectivity index (χ0n) is 7.48. The van der Waals surface area contributed by atoms with Gasteiger partial charge in [0.1, 0.15) is 6.10 Å². The molecule has 1 unspecified atom stereocenters. The average Bonchev–Trinajstić information content (AvgIpc) is 2.53. The predicted molar refractivity (Wildman–Crippen MR) is 41.8 cm³/mol. The monoisotopic (exact) mass is 219 g/mol. The molecule has 0 aromatic heterocycles. The number of azide groups is 1. The van der Waals surface area contributed by atoms with Crippen LogP contribution in [0.2, 0.25) is 0 Å². The molecule has 0 spiro atoms. The molecule has 4 atom stereocenters. The van der Waals surface area contributed by atoms with E-state index < -0.39 is 30.7 Å². The van der Waals surface area contributed by atoms with Gasteiger partial charge in [-0.1, -0.05) is 0 Å². The molecule has 2 bridgehead atoms. The summed E-state index contributed by atoms with van der Waals surface area (Å²) >= 11 is 0. The van der Waals surface area contributed by atoms with Crippen LogP contribution in [0.4, 0.5) is 0 Å². The van der Waals surface area contributed by atoms with Gasteiger partial charge in [-0.3, -0.25) is 4.74 Å². The average molecular weight is 219 g/mol. The fourth-order valence-electron chi connectivity index (χ4n) is 1.51. The van der Waals surface area contributed by atoms with Crippen LogP contribution in [0.15, 0.2) is 5.11 Å². The molecule has 2 aliphatic heterocycles. The van der Waals surface area contributed by atoms with Crippen molar-refractivity contribution < 1.29 is 29.5 Å². The molecule has 0 aromatic carbocycles. The molecule has 2 aliphatic rings. The molecule has 0 aromatic rings. The van der Waals surface area contributed by atoms with Gasteiger partial charge in [-0.25, -0.2) is 0 Å². The summed E-state index contributed by atoms with van der Waals surface area (Å²) in [5.41, 5.74) is 6.73. The summed E-state index contributed by atoms with van der Waals surface area (Å²) in [7, 11) is 0. The Balaban J connectivity index is 2.34. The van der Waals surface area contributed by atoms with Crippen LogP contribution in [0.1, 0.15) is 0 Å². The van der Waals surface area contributed by atoms with E-state index in [1.807, 2.05) is 0 Å². The fourth-order valence-corrected chi connectivity index (χ4v) is 1.51. The fraction of sp³-hybridized carbons (Fsp3) is 1.00. The van der Waals surface area contributed by atoms with Crippen LogP contribution in [0.3, 0.4) is 0 Å². The molecule has 3 N–H and O–H groups in total. The van der Waals surface area contributed by atoms with E-state index in [4.69, 9.17) is 20.1 Å². The van der Waals surface area contributed by atoms with Crippen molar-refractivity contribution in [2.45, 2.75) is 24.1 Å². The van der Waals surface area contributed by atoms with Gasteiger partial charge in [0.15, 0.2) is 11.9 Å². The third kappa shape index (κ3) is 1.38. The van der Waals surface area contributed by atoms with Gasteiger partial charge in [-0.05, 0) is 5.53 Å². The third-order valence-electron chi connectivity index (χ3n) is 2.34. The van der Waals surface area contributed by atoms with Gasteiger partial charge in [-0.2, -0.15) is 0 Å². The number of rotatable bonds is 2. The Morgan fingerprint density at radius 1 is 1.53 bits per heavy atom. The minimum atomic E-state index is -2.10. The highest BCUT2D eigenvalue weighted by molar-refractivity contribution is 4.98. The highest BCUT2D eigenvalue weighted by atomic mass is 16.9. The van der Waals surface area contributed by atoms with Crippen LogP contribution in [-0.2, 0) is 14.2 Å². The normalized spacial score (nSPS) is 48.7. The second kappa shape index (κ2) is 3.29. The van der Waals surface area contributed by atoms with Crippen LogP contribution < -0.4 is 0 Å². The van der Waals surface area contributed by atoms with Crippen LogP contribution in [0, 0.1) is 0 Å². The Bertz CT molecular complexity index is 320. The molecular weight excluding hydrogens is 210 g/mol. The van der Waals surface area contributed by atoms with E-state index in [0.29, 0.717) is 0 Å². The topological polar surface area (TPSA) is 137 Å². The molecule has 9 nitrogen and oxygen atoms in total. The van der Waals surface area contributed by atoms with Crippen molar-refractivity contribution >= 4 is 0 Å². The van der Waals surface area contributed by atoms with Gasteiger partial charge in [0, 0.05) is 10.0 Å². The molecule has 15 heavy (non-hydrogen) atoms. The van der Waals surface area contributed by atoms with E-state index in [1.165, 1.54) is 0 Å². The van der Waals surface area contributed by atoms with Crippen LogP contribution in [0.5, 0.6) is 0 Å². The number of aliphatic hydroxyl groups is 3. The maximum Gasteiger partial charge on any atom is 0.371 e. The largest absolute Gasteiger partial charge is 0.393 e. The molecule has 2 fully saturated rings. The van der Waals surface area contributed by atoms with Crippen molar-refractivity contribution in [3.63, 3.8) is 0 Å². The first-order valence-corrected chi connectivity index (χ1v) is 4.13. The summed E-state index contributed by atoms with van der Waals surface area (Å²) < 4.78 is 14.6. The van der Waals surface area contributed by atoms with Crippen molar-refractivity contribution in [3.05, 3.63) is 10.4 Å². The van der Waals surface area contributed by atoms with Crippen LogP contribution in [0.25, 0.3) is 10.4 Å². The second-order valence-electron chi connectivity index (χ2n) is 3.28. The minimum absolute atomic E-state index is 0.249. The van der Waals surface area contributed by atoms with E-state index in [0.717, 1.165) is 0 Å². The van der Waals surface area contributed by atoms with E-state index in [2.05, 4.69) is 14.8 Å². The Hall–Kier alpha value is -0.930. The first-order chi connectivity index (χ1) is 7.07. The van der Waals surface area contributed by atoms with E-state index in [9.17, 15) is 10.2 Å². The molecule has 0 radical (unpaired) electrons. The first kappa shape index (κ1) is 10.6. The summed E-state index contributed by atoms with van der Waals surface area (Å²) in [4.78, 5) is 2.43. The Labute approximate surface area is 83.4 Å². The molecule has 0 saturated carbocycles. The maximum absolute atomic E-state index is 9.52. The summed E-state index contributed by atoms with van der Waals surface area (Å²) in [6.07, 6.45) is -5.23. The van der Waals surface area contributed by atoms with Crippen molar-refractivity contribution in [2.24, 2.45) is 5.11 Å². The maximum atomic E-state index is 9.52. The van der Waals surface area contributed by atoms with Crippen molar-refractivity contribution in [2.75, 3.05) is 13.2 Å². The number of ether oxygens (including phenoxy) is 3. The lowest BCUT2D eigenvalue weighted by Crippen LogP contribution is -2.60. The number of hydrogen-bond donors (Lipinski definition) is 3. The lowest BCUT2D eigenvalue weighted by atomic mass is 9.98. The Morgan fingerprint density at radius 2 is 2.27 bits per heavy atom. The summed E-state index contributed by atoms with van der Waals surface area (Å²) in [5, 5.41) is 31.0. The summed E-state index contributed by atoms with van der Waals surface area (Å²) in [6, 6.07) is 0. The highest BCUT2D eigenvalue weighted by Crippen LogP contribution is 2.42. The van der Waals surface area contributed by atoms with Crippen molar-refractivity contribution in [1.29, 1.82) is 0 Å². The lowest BCUT2D eigenvalue weighted by Gasteiger charge is -2.39. The van der Waals surface area contributed by atoms with E-state index >= 15 is 0 Å². The standard InChI is InChI=1S/C6H9N3O6/c7-9-8-6-13-2-5(1-10,15-6)3(11)4(12)14-6/h3-4,10-12H,1-2H2/t3-,4-,5+,6?/m1/s1. The van der Waals surface area contributed by atoms with Gasteiger partial charge in [0.05, 0.1) is 13.2 Å². The Morgan fingerprint density at radius 3 is 2.87 bits per heavy atom. The Kier molecular flexibility index (Phi) is 2.32. The van der Waals surface area contributed by atoms with E-state index in [1.54, 1.807) is 0 Å². The van der Waals surface area contributed by atoms with Gasteiger partial charge < -0.3 is 24.8 Å². The first-order valence-electron chi connectivity index (χ1n) is 4.13. The molecule has 0 amide bonds. The van der Waals surface area contributed by atoms with Crippen molar-refractivity contribution in [3.8, 4) is 0 Å². The van der Waals surface area contributed by atoms with Crippen LogP contribution in [-0.4, -0.2) is 52.6 Å². The molecule has 84 valence electrons. The summed E-state index contributed by atoms with van der Waals surface area (Å²) in [6.45, 7) is -0.849. The molecule has 2 saturated heterocycles. The lowest BCUT2D eigenvalue weighted by molar-refractivity contribution is -0.435. The second-order valence-corrected chi connectivity index (χ2v) is 3.28.